The van der Waals surface area contributed by atoms with Crippen molar-refractivity contribution in [3.8, 4) is 0 Å². The number of amides is 1. The number of benzene rings is 1. The summed E-state index contributed by atoms with van der Waals surface area (Å²) in [6, 6.07) is 7.18. The Kier molecular flexibility index (Phi) is 7.32. The first-order valence-corrected chi connectivity index (χ1v) is 7.71. The minimum atomic E-state index is -0.828. The van der Waals surface area contributed by atoms with Gasteiger partial charge >= 0.3 is 5.97 Å². The maximum Gasteiger partial charge on any atom is 0.319 e. The van der Waals surface area contributed by atoms with E-state index in [2.05, 4.69) is 11.9 Å². The number of thioether (sulfide) groups is 1. The Morgan fingerprint density at radius 2 is 2.00 bits per heavy atom. The Balaban J connectivity index is 2.48. The van der Waals surface area contributed by atoms with E-state index in [-0.39, 0.29) is 5.91 Å². The average Bonchev–Trinajstić information content (AvgIpc) is 2.46. The Morgan fingerprint density at radius 1 is 1.38 bits per heavy atom. The summed E-state index contributed by atoms with van der Waals surface area (Å²) in [5.41, 5.74) is 0. The highest BCUT2D eigenvalue weighted by Gasteiger charge is 2.22. The number of hydrogen-bond acceptors (Lipinski definition) is 4. The minimum Gasteiger partial charge on any atom is -0.452 e. The van der Waals surface area contributed by atoms with E-state index in [9.17, 15) is 9.59 Å². The molecule has 21 heavy (non-hydrogen) atoms. The van der Waals surface area contributed by atoms with E-state index in [1.807, 2.05) is 12.1 Å². The van der Waals surface area contributed by atoms with Gasteiger partial charge in [-0.25, -0.2) is 0 Å². The van der Waals surface area contributed by atoms with Crippen molar-refractivity contribution in [3.05, 3.63) is 41.9 Å². The van der Waals surface area contributed by atoms with Gasteiger partial charge in [-0.2, -0.15) is 0 Å². The van der Waals surface area contributed by atoms with Gasteiger partial charge in [0.15, 0.2) is 6.10 Å². The van der Waals surface area contributed by atoms with Crippen LogP contribution >= 0.6 is 23.4 Å². The molecule has 1 aromatic carbocycles. The molecular weight excluding hydrogens is 310 g/mol. The third-order valence-corrected chi connectivity index (χ3v) is 3.88. The molecule has 1 aromatic rings. The maximum absolute atomic E-state index is 11.9. The molecule has 1 amide bonds. The Morgan fingerprint density at radius 3 is 2.57 bits per heavy atom. The smallest absolute Gasteiger partial charge is 0.319 e. The van der Waals surface area contributed by atoms with Gasteiger partial charge in [0.2, 0.25) is 0 Å². The fraction of sp³-hybridized carbons (Fsp3) is 0.333. The second kappa shape index (κ2) is 8.74. The van der Waals surface area contributed by atoms with Crippen molar-refractivity contribution in [2.75, 3.05) is 6.54 Å². The highest BCUT2D eigenvalue weighted by atomic mass is 35.5. The average molecular weight is 328 g/mol. The van der Waals surface area contributed by atoms with Crippen LogP contribution in [0.2, 0.25) is 5.02 Å². The van der Waals surface area contributed by atoms with E-state index >= 15 is 0 Å². The number of halogens is 1. The van der Waals surface area contributed by atoms with Gasteiger partial charge in [-0.3, -0.25) is 9.59 Å². The van der Waals surface area contributed by atoms with Gasteiger partial charge in [-0.15, -0.1) is 18.3 Å². The molecule has 0 saturated carbocycles. The topological polar surface area (TPSA) is 55.4 Å². The fourth-order valence-electron chi connectivity index (χ4n) is 1.41. The number of rotatable bonds is 7. The molecule has 0 fully saturated rings. The summed E-state index contributed by atoms with van der Waals surface area (Å²) >= 11 is 7.15. The number of esters is 1. The monoisotopic (exact) mass is 327 g/mol. The molecular formula is C15H18ClNO3S. The predicted molar refractivity (Wildman–Crippen MR) is 85.5 cm³/mol. The summed E-state index contributed by atoms with van der Waals surface area (Å²) in [6.45, 7) is 7.11. The van der Waals surface area contributed by atoms with Gasteiger partial charge < -0.3 is 10.1 Å². The molecule has 0 spiro atoms. The van der Waals surface area contributed by atoms with Gasteiger partial charge in [0.1, 0.15) is 5.25 Å². The SMILES string of the molecule is C=CCNC(=O)[C@H](C)OC(=O)[C@@H](C)Sc1ccc(Cl)cc1. The van der Waals surface area contributed by atoms with Crippen molar-refractivity contribution in [2.45, 2.75) is 30.1 Å². The van der Waals surface area contributed by atoms with Crippen LogP contribution in [-0.4, -0.2) is 29.8 Å². The fourth-order valence-corrected chi connectivity index (χ4v) is 2.38. The van der Waals surface area contributed by atoms with Crippen molar-refractivity contribution in [2.24, 2.45) is 0 Å². The minimum absolute atomic E-state index is 0.341. The molecule has 2 atom stereocenters. The lowest BCUT2D eigenvalue weighted by Crippen LogP contribution is -2.37. The first kappa shape index (κ1) is 17.6. The van der Waals surface area contributed by atoms with Gasteiger partial charge in [0.05, 0.1) is 0 Å². The Bertz CT molecular complexity index is 504. The van der Waals surface area contributed by atoms with Gasteiger partial charge in [0, 0.05) is 16.5 Å². The number of hydrogen-bond donors (Lipinski definition) is 1. The third kappa shape index (κ3) is 6.23. The predicted octanol–water partition coefficient (Wildman–Crippen LogP) is 3.05. The zero-order valence-corrected chi connectivity index (χ0v) is 13.5. The maximum atomic E-state index is 11.9. The van der Waals surface area contributed by atoms with Crippen LogP contribution in [0.25, 0.3) is 0 Å². The van der Waals surface area contributed by atoms with Gasteiger partial charge in [0.25, 0.3) is 5.91 Å². The summed E-state index contributed by atoms with van der Waals surface area (Å²) in [4.78, 5) is 24.4. The zero-order valence-electron chi connectivity index (χ0n) is 12.0. The third-order valence-electron chi connectivity index (χ3n) is 2.54. The molecule has 6 heteroatoms. The van der Waals surface area contributed by atoms with Crippen LogP contribution in [0.3, 0.4) is 0 Å². The van der Waals surface area contributed by atoms with Gasteiger partial charge in [-0.1, -0.05) is 17.7 Å². The molecule has 1 N–H and O–H groups in total. The zero-order chi connectivity index (χ0) is 15.8. The van der Waals surface area contributed by atoms with Crippen LogP contribution in [0, 0.1) is 0 Å². The summed E-state index contributed by atoms with van der Waals surface area (Å²) in [5.74, 6) is -0.775. The van der Waals surface area contributed by atoms with Crippen LogP contribution < -0.4 is 5.32 Å². The largest absolute Gasteiger partial charge is 0.452 e. The second-order valence-corrected chi connectivity index (χ2v) is 6.18. The van der Waals surface area contributed by atoms with E-state index in [0.29, 0.717) is 11.6 Å². The Labute approximate surface area is 133 Å². The van der Waals surface area contributed by atoms with E-state index in [4.69, 9.17) is 16.3 Å². The summed E-state index contributed by atoms with van der Waals surface area (Å²) in [6.07, 6.45) is 0.733. The molecule has 0 bridgehead atoms. The number of carbonyl (C=O) groups excluding carboxylic acids is 2. The van der Waals surface area contributed by atoms with Crippen LogP contribution in [-0.2, 0) is 14.3 Å². The van der Waals surface area contributed by atoms with E-state index in [1.54, 1.807) is 25.1 Å². The molecule has 114 valence electrons. The number of nitrogens with one attached hydrogen (secondary N) is 1. The molecule has 1 rings (SSSR count). The van der Waals surface area contributed by atoms with E-state index in [1.165, 1.54) is 18.7 Å². The highest BCUT2D eigenvalue weighted by molar-refractivity contribution is 8.00. The van der Waals surface area contributed by atoms with E-state index < -0.39 is 17.3 Å². The number of ether oxygens (including phenoxy) is 1. The first-order valence-electron chi connectivity index (χ1n) is 6.45. The molecule has 0 unspecified atom stereocenters. The Hall–Kier alpha value is -1.46. The quantitative estimate of drug-likeness (QED) is 0.475. The van der Waals surface area contributed by atoms with Crippen molar-refractivity contribution in [1.29, 1.82) is 0 Å². The van der Waals surface area contributed by atoms with Crippen LogP contribution in [0.1, 0.15) is 13.8 Å². The van der Waals surface area contributed by atoms with Crippen molar-refractivity contribution >= 4 is 35.2 Å². The molecule has 0 heterocycles. The van der Waals surface area contributed by atoms with Crippen molar-refractivity contribution < 1.29 is 14.3 Å². The van der Waals surface area contributed by atoms with Crippen LogP contribution in [0.4, 0.5) is 0 Å². The number of carbonyl (C=O) groups is 2. The van der Waals surface area contributed by atoms with Crippen molar-refractivity contribution in [1.82, 2.24) is 5.32 Å². The lowest BCUT2D eigenvalue weighted by atomic mass is 10.3. The van der Waals surface area contributed by atoms with E-state index in [0.717, 1.165) is 4.90 Å². The molecule has 0 aliphatic rings. The molecule has 0 radical (unpaired) electrons. The van der Waals surface area contributed by atoms with Crippen LogP contribution in [0.5, 0.6) is 0 Å². The van der Waals surface area contributed by atoms with Crippen LogP contribution in [0.15, 0.2) is 41.8 Å². The summed E-state index contributed by atoms with van der Waals surface area (Å²) in [7, 11) is 0. The molecule has 0 aliphatic carbocycles. The standard InChI is InChI=1S/C15H18ClNO3S/c1-4-9-17-14(18)10(2)20-15(19)11(3)21-13-7-5-12(16)6-8-13/h4-8,10-11H,1,9H2,2-3H3,(H,17,18)/t10-,11+/m0/s1. The normalized spacial score (nSPS) is 13.1. The van der Waals surface area contributed by atoms with Crippen molar-refractivity contribution in [3.63, 3.8) is 0 Å². The van der Waals surface area contributed by atoms with Gasteiger partial charge in [-0.05, 0) is 38.1 Å². The first-order chi connectivity index (χ1) is 9.93. The molecule has 0 aromatic heterocycles. The summed E-state index contributed by atoms with van der Waals surface area (Å²) < 4.78 is 5.13. The highest BCUT2D eigenvalue weighted by Crippen LogP contribution is 2.25. The molecule has 0 aliphatic heterocycles. The molecule has 4 nitrogen and oxygen atoms in total. The lowest BCUT2D eigenvalue weighted by molar-refractivity contribution is -0.153. The molecule has 0 saturated heterocycles. The lowest BCUT2D eigenvalue weighted by Gasteiger charge is -2.16. The second-order valence-electron chi connectivity index (χ2n) is 4.33. The summed E-state index contributed by atoms with van der Waals surface area (Å²) in [5, 5.41) is 2.80.